The fraction of sp³-hybridized carbons (Fsp3) is 0.949. The van der Waals surface area contributed by atoms with Gasteiger partial charge in [-0.05, 0) is 38.8 Å². The molecule has 0 saturated carbocycles. The quantitative estimate of drug-likeness (QED) is 0.0481. The van der Waals surface area contributed by atoms with Crippen LogP contribution in [0.15, 0.2) is 0 Å². The Morgan fingerprint density at radius 1 is 0.386 bits per heavy atom. The summed E-state index contributed by atoms with van der Waals surface area (Å²) >= 11 is 0. The number of unbranched alkanes of at least 4 members (excludes halogenated alkanes) is 25. The van der Waals surface area contributed by atoms with Gasteiger partial charge in [-0.25, -0.2) is 0 Å². The van der Waals surface area contributed by atoms with Gasteiger partial charge in [0.2, 0.25) is 11.8 Å². The van der Waals surface area contributed by atoms with Crippen molar-refractivity contribution in [2.45, 2.75) is 226 Å². The van der Waals surface area contributed by atoms with E-state index >= 15 is 0 Å². The number of rotatable bonds is 36. The fourth-order valence-electron chi connectivity index (χ4n) is 5.99. The average Bonchev–Trinajstić information content (AvgIpc) is 3.01. The second-order valence-electron chi connectivity index (χ2n) is 13.6. The summed E-state index contributed by atoms with van der Waals surface area (Å²) in [5.74, 6) is 0.154. The highest BCUT2D eigenvalue weighted by Gasteiger charge is 2.14. The molecule has 0 fully saturated rings. The van der Waals surface area contributed by atoms with Crippen LogP contribution in [0.1, 0.15) is 220 Å². The Balaban J connectivity index is 3.97. The van der Waals surface area contributed by atoms with Crippen molar-refractivity contribution >= 4 is 11.8 Å². The first-order valence-electron chi connectivity index (χ1n) is 19.9. The molecule has 0 heterocycles. The van der Waals surface area contributed by atoms with E-state index in [1.165, 1.54) is 148 Å². The highest BCUT2D eigenvalue weighted by molar-refractivity contribution is 5.79. The maximum Gasteiger partial charge on any atom is 0.221 e. The summed E-state index contributed by atoms with van der Waals surface area (Å²) < 4.78 is 0. The van der Waals surface area contributed by atoms with Gasteiger partial charge in [0, 0.05) is 12.8 Å². The van der Waals surface area contributed by atoms with Crippen molar-refractivity contribution in [3.05, 3.63) is 0 Å². The van der Waals surface area contributed by atoms with Crippen LogP contribution in [0.4, 0.5) is 0 Å². The first kappa shape index (κ1) is 42.9. The molecule has 2 amide bonds. The first-order valence-corrected chi connectivity index (χ1v) is 19.9. The third-order valence-corrected chi connectivity index (χ3v) is 9.00. The summed E-state index contributed by atoms with van der Waals surface area (Å²) in [7, 11) is 0. The molecule has 0 aromatic carbocycles. The van der Waals surface area contributed by atoms with Crippen molar-refractivity contribution in [1.82, 2.24) is 16.0 Å². The van der Waals surface area contributed by atoms with Crippen LogP contribution in [0.25, 0.3) is 0 Å². The van der Waals surface area contributed by atoms with Crippen LogP contribution in [0, 0.1) is 0 Å². The van der Waals surface area contributed by atoms with Gasteiger partial charge < -0.3 is 16.0 Å². The molecule has 0 aliphatic rings. The van der Waals surface area contributed by atoms with Gasteiger partial charge in [0.1, 0.15) is 6.17 Å². The molecule has 0 aromatic rings. The Hall–Kier alpha value is -1.10. The van der Waals surface area contributed by atoms with Gasteiger partial charge in [0.15, 0.2) is 0 Å². The average molecular weight is 622 g/mol. The van der Waals surface area contributed by atoms with E-state index in [0.717, 1.165) is 51.6 Å². The number of carbonyl (C=O) groups excluding carboxylic acids is 2. The lowest BCUT2D eigenvalue weighted by molar-refractivity contribution is -0.124. The van der Waals surface area contributed by atoms with E-state index in [0.29, 0.717) is 12.8 Å². The number of carbonyl (C=O) groups is 2. The molecule has 0 spiro atoms. The minimum atomic E-state index is -0.270. The molecule has 0 radical (unpaired) electrons. The van der Waals surface area contributed by atoms with E-state index in [1.54, 1.807) is 0 Å². The molecule has 0 rings (SSSR count). The van der Waals surface area contributed by atoms with Crippen LogP contribution in [0.5, 0.6) is 0 Å². The molecule has 5 heteroatoms. The first-order chi connectivity index (χ1) is 21.6. The summed E-state index contributed by atoms with van der Waals surface area (Å²) in [4.78, 5) is 25.3. The zero-order valence-electron chi connectivity index (χ0n) is 30.2. The van der Waals surface area contributed by atoms with Crippen LogP contribution in [-0.2, 0) is 9.59 Å². The lowest BCUT2D eigenvalue weighted by Crippen LogP contribution is -2.49. The topological polar surface area (TPSA) is 70.2 Å². The van der Waals surface area contributed by atoms with Gasteiger partial charge in [0.25, 0.3) is 0 Å². The molecule has 262 valence electrons. The van der Waals surface area contributed by atoms with Crippen LogP contribution in [-0.4, -0.2) is 31.1 Å². The molecular weight excluding hydrogens is 542 g/mol. The molecule has 0 aliphatic heterocycles. The van der Waals surface area contributed by atoms with Crippen LogP contribution in [0.3, 0.4) is 0 Å². The van der Waals surface area contributed by atoms with Crippen LogP contribution >= 0.6 is 0 Å². The molecule has 44 heavy (non-hydrogen) atoms. The summed E-state index contributed by atoms with van der Waals surface area (Å²) in [6.07, 6.45) is 37.9. The van der Waals surface area contributed by atoms with Crippen LogP contribution < -0.4 is 16.0 Å². The fourth-order valence-corrected chi connectivity index (χ4v) is 5.99. The highest BCUT2D eigenvalue weighted by atomic mass is 16.2. The van der Waals surface area contributed by atoms with Gasteiger partial charge in [-0.1, -0.05) is 181 Å². The maximum absolute atomic E-state index is 12.7. The van der Waals surface area contributed by atoms with Crippen molar-refractivity contribution < 1.29 is 9.59 Å². The minimum absolute atomic E-state index is 0.0768. The van der Waals surface area contributed by atoms with E-state index in [4.69, 9.17) is 0 Å². The molecule has 0 saturated heterocycles. The third-order valence-electron chi connectivity index (χ3n) is 9.00. The van der Waals surface area contributed by atoms with Crippen molar-refractivity contribution in [2.24, 2.45) is 0 Å². The Kier molecular flexibility index (Phi) is 35.5. The normalized spacial score (nSPS) is 11.4. The zero-order chi connectivity index (χ0) is 32.2. The van der Waals surface area contributed by atoms with Crippen molar-refractivity contribution in [2.75, 3.05) is 13.1 Å². The van der Waals surface area contributed by atoms with Gasteiger partial charge in [-0.3, -0.25) is 9.59 Å². The van der Waals surface area contributed by atoms with E-state index in [2.05, 4.69) is 36.7 Å². The van der Waals surface area contributed by atoms with Gasteiger partial charge >= 0.3 is 0 Å². The number of hydrogen-bond donors (Lipinski definition) is 3. The lowest BCUT2D eigenvalue weighted by atomic mass is 10.0. The zero-order valence-corrected chi connectivity index (χ0v) is 30.2. The molecule has 0 aliphatic carbocycles. The Labute approximate surface area is 276 Å². The second kappa shape index (κ2) is 36.4. The van der Waals surface area contributed by atoms with Crippen molar-refractivity contribution in [1.29, 1.82) is 0 Å². The SMILES string of the molecule is CCCCCCCCCCCCCCCC(=O)NC(CCNCCCC)NC(=O)CCCCCCCCCCCCCCC. The maximum atomic E-state index is 12.7. The largest absolute Gasteiger partial charge is 0.336 e. The van der Waals surface area contributed by atoms with E-state index in [-0.39, 0.29) is 18.0 Å². The van der Waals surface area contributed by atoms with Crippen molar-refractivity contribution in [3.8, 4) is 0 Å². The predicted octanol–water partition coefficient (Wildman–Crippen LogP) is 11.3. The van der Waals surface area contributed by atoms with E-state index in [9.17, 15) is 9.59 Å². The lowest BCUT2D eigenvalue weighted by Gasteiger charge is -2.21. The monoisotopic (exact) mass is 622 g/mol. The predicted molar refractivity (Wildman–Crippen MR) is 193 cm³/mol. The third kappa shape index (κ3) is 33.8. The molecule has 5 nitrogen and oxygen atoms in total. The summed E-state index contributed by atoms with van der Waals surface area (Å²) in [5, 5.41) is 9.69. The van der Waals surface area contributed by atoms with E-state index in [1.807, 2.05) is 0 Å². The summed E-state index contributed by atoms with van der Waals surface area (Å²) in [6.45, 7) is 8.54. The number of nitrogens with one attached hydrogen (secondary N) is 3. The Morgan fingerprint density at radius 2 is 0.682 bits per heavy atom. The van der Waals surface area contributed by atoms with Crippen molar-refractivity contribution in [3.63, 3.8) is 0 Å². The summed E-state index contributed by atoms with van der Waals surface area (Å²) in [5.41, 5.74) is 0. The second-order valence-corrected chi connectivity index (χ2v) is 13.6. The van der Waals surface area contributed by atoms with Gasteiger partial charge in [-0.15, -0.1) is 0 Å². The molecular formula is C39H79N3O2. The number of hydrogen-bond acceptors (Lipinski definition) is 3. The standard InChI is InChI=1S/C39H79N3O2/c1-4-7-10-12-14-16-18-20-22-24-26-28-30-32-38(43)41-37(34-36-40-35-9-6-3)42-39(44)33-31-29-27-25-23-21-19-17-15-13-11-8-5-2/h37,40H,4-36H2,1-3H3,(H,41,43)(H,42,44). The van der Waals surface area contributed by atoms with Crippen LogP contribution in [0.2, 0.25) is 0 Å². The smallest absolute Gasteiger partial charge is 0.221 e. The highest BCUT2D eigenvalue weighted by Crippen LogP contribution is 2.14. The molecule has 0 unspecified atom stereocenters. The summed E-state index contributed by atoms with van der Waals surface area (Å²) in [6, 6.07) is 0. The molecule has 0 atom stereocenters. The molecule has 0 bridgehead atoms. The number of amides is 2. The van der Waals surface area contributed by atoms with Gasteiger partial charge in [-0.2, -0.15) is 0 Å². The van der Waals surface area contributed by atoms with Gasteiger partial charge in [0.05, 0.1) is 0 Å². The Morgan fingerprint density at radius 3 is 1.00 bits per heavy atom. The Bertz CT molecular complexity index is 554. The van der Waals surface area contributed by atoms with E-state index < -0.39 is 0 Å². The molecule has 0 aromatic heterocycles. The molecule has 3 N–H and O–H groups in total. The minimum Gasteiger partial charge on any atom is -0.336 e.